The molecule has 1 aliphatic rings. The first-order chi connectivity index (χ1) is 7.79. The second-order valence-electron chi connectivity index (χ2n) is 3.96. The van der Waals surface area contributed by atoms with E-state index in [1.807, 2.05) is 18.2 Å². The average molecular weight is 223 g/mol. The van der Waals surface area contributed by atoms with Crippen molar-refractivity contribution < 1.29 is 14.6 Å². The molecule has 88 valence electrons. The van der Waals surface area contributed by atoms with Gasteiger partial charge in [0.1, 0.15) is 0 Å². The fraction of sp³-hybridized carbons (Fsp3) is 0.500. The Balaban J connectivity index is 1.90. The lowest BCUT2D eigenvalue weighted by Gasteiger charge is -2.09. The third kappa shape index (κ3) is 2.65. The van der Waals surface area contributed by atoms with Gasteiger partial charge in [0, 0.05) is 0 Å². The normalized spacial score (nSPS) is 15.1. The molecular weight excluding hydrogens is 206 g/mol. The van der Waals surface area contributed by atoms with Crippen molar-refractivity contribution in [3.05, 3.63) is 23.8 Å². The molecule has 0 aliphatic carbocycles. The Morgan fingerprint density at radius 3 is 2.88 bits per heavy atom. The van der Waals surface area contributed by atoms with Crippen molar-refractivity contribution in [2.24, 2.45) is 5.73 Å². The molecule has 1 aromatic carbocycles. The first kappa shape index (κ1) is 11.2. The lowest BCUT2D eigenvalue weighted by molar-refractivity contribution is 0.157. The van der Waals surface area contributed by atoms with Crippen LogP contribution >= 0.6 is 0 Å². The molecule has 2 rings (SSSR count). The molecule has 3 N–H and O–H groups in total. The van der Waals surface area contributed by atoms with Crippen molar-refractivity contribution in [2.45, 2.75) is 25.4 Å². The van der Waals surface area contributed by atoms with E-state index < -0.39 is 0 Å². The topological polar surface area (TPSA) is 64.7 Å². The number of aliphatic hydroxyl groups excluding tert-OH is 1. The van der Waals surface area contributed by atoms with Crippen LogP contribution < -0.4 is 15.2 Å². The molecule has 0 spiro atoms. The highest BCUT2D eigenvalue weighted by Gasteiger charge is 2.13. The van der Waals surface area contributed by atoms with Gasteiger partial charge in [-0.3, -0.25) is 0 Å². The Hall–Kier alpha value is -1.26. The number of ether oxygens (including phenoxy) is 2. The van der Waals surface area contributed by atoms with Crippen LogP contribution in [0, 0.1) is 0 Å². The van der Waals surface area contributed by atoms with Gasteiger partial charge in [-0.05, 0) is 43.5 Å². The van der Waals surface area contributed by atoms with Gasteiger partial charge in [-0.2, -0.15) is 0 Å². The summed E-state index contributed by atoms with van der Waals surface area (Å²) >= 11 is 0. The molecule has 1 aliphatic heterocycles. The first-order valence-electron chi connectivity index (χ1n) is 5.56. The quantitative estimate of drug-likeness (QED) is 0.783. The molecule has 1 heterocycles. The van der Waals surface area contributed by atoms with Gasteiger partial charge in [0.25, 0.3) is 0 Å². The second kappa shape index (κ2) is 5.18. The van der Waals surface area contributed by atoms with Gasteiger partial charge >= 0.3 is 0 Å². The molecule has 4 nitrogen and oxygen atoms in total. The van der Waals surface area contributed by atoms with Crippen LogP contribution in [0.3, 0.4) is 0 Å². The van der Waals surface area contributed by atoms with Crippen LogP contribution in [0.1, 0.15) is 18.4 Å². The minimum atomic E-state index is -0.310. The summed E-state index contributed by atoms with van der Waals surface area (Å²) < 4.78 is 10.5. The van der Waals surface area contributed by atoms with Crippen molar-refractivity contribution in [1.82, 2.24) is 0 Å². The Morgan fingerprint density at radius 2 is 2.06 bits per heavy atom. The van der Waals surface area contributed by atoms with E-state index in [0.29, 0.717) is 19.8 Å². The van der Waals surface area contributed by atoms with Gasteiger partial charge in [-0.15, -0.1) is 0 Å². The largest absolute Gasteiger partial charge is 0.454 e. The van der Waals surface area contributed by atoms with E-state index in [0.717, 1.165) is 29.9 Å². The zero-order valence-electron chi connectivity index (χ0n) is 9.19. The minimum absolute atomic E-state index is 0.300. The molecule has 16 heavy (non-hydrogen) atoms. The monoisotopic (exact) mass is 223 g/mol. The number of aliphatic hydroxyl groups is 1. The van der Waals surface area contributed by atoms with Crippen LogP contribution in [0.25, 0.3) is 0 Å². The lowest BCUT2D eigenvalue weighted by Crippen LogP contribution is -2.14. The molecule has 1 atom stereocenters. The van der Waals surface area contributed by atoms with Crippen LogP contribution in [-0.4, -0.2) is 24.5 Å². The fourth-order valence-electron chi connectivity index (χ4n) is 1.77. The maximum atomic E-state index is 9.57. The van der Waals surface area contributed by atoms with Crippen LogP contribution in [0.5, 0.6) is 11.5 Å². The zero-order chi connectivity index (χ0) is 11.4. The van der Waals surface area contributed by atoms with Gasteiger partial charge < -0.3 is 20.3 Å². The van der Waals surface area contributed by atoms with Gasteiger partial charge in [0.2, 0.25) is 6.79 Å². The highest BCUT2D eigenvalue weighted by molar-refractivity contribution is 5.44. The van der Waals surface area contributed by atoms with Crippen molar-refractivity contribution in [3.63, 3.8) is 0 Å². The van der Waals surface area contributed by atoms with E-state index in [4.69, 9.17) is 15.2 Å². The molecule has 0 bridgehead atoms. The Labute approximate surface area is 95.0 Å². The molecule has 0 saturated carbocycles. The smallest absolute Gasteiger partial charge is 0.231 e. The second-order valence-corrected chi connectivity index (χ2v) is 3.96. The molecule has 0 saturated heterocycles. The van der Waals surface area contributed by atoms with Gasteiger partial charge in [0.05, 0.1) is 6.10 Å². The van der Waals surface area contributed by atoms with Crippen LogP contribution in [0.4, 0.5) is 0 Å². The number of hydrogen-bond acceptors (Lipinski definition) is 4. The molecule has 0 radical (unpaired) electrons. The van der Waals surface area contributed by atoms with E-state index in [2.05, 4.69) is 0 Å². The van der Waals surface area contributed by atoms with E-state index in [9.17, 15) is 5.11 Å². The van der Waals surface area contributed by atoms with Crippen molar-refractivity contribution in [2.75, 3.05) is 13.3 Å². The summed E-state index contributed by atoms with van der Waals surface area (Å²) in [7, 11) is 0. The van der Waals surface area contributed by atoms with Crippen LogP contribution in [0.2, 0.25) is 0 Å². The summed E-state index contributed by atoms with van der Waals surface area (Å²) in [6.45, 7) is 0.830. The minimum Gasteiger partial charge on any atom is -0.454 e. The third-order valence-corrected chi connectivity index (χ3v) is 2.70. The molecule has 0 aromatic heterocycles. The maximum absolute atomic E-state index is 9.57. The average Bonchev–Trinajstić information content (AvgIpc) is 2.74. The number of benzene rings is 1. The lowest BCUT2D eigenvalue weighted by atomic mass is 10.0. The van der Waals surface area contributed by atoms with E-state index in [1.165, 1.54) is 0 Å². The Morgan fingerprint density at radius 1 is 1.25 bits per heavy atom. The standard InChI is InChI=1S/C12H17NO3/c13-6-5-10(14)3-1-9-2-4-11-12(7-9)16-8-15-11/h2,4,7,10,14H,1,3,5-6,8,13H2. The predicted octanol–water partition coefficient (Wildman–Crippen LogP) is 1.06. The highest BCUT2D eigenvalue weighted by atomic mass is 16.7. The molecule has 4 heteroatoms. The van der Waals surface area contributed by atoms with Gasteiger partial charge in [-0.25, -0.2) is 0 Å². The van der Waals surface area contributed by atoms with E-state index in [-0.39, 0.29) is 6.10 Å². The Kier molecular flexibility index (Phi) is 3.64. The number of nitrogens with two attached hydrogens (primary N) is 1. The SMILES string of the molecule is NCCC(O)CCc1ccc2c(c1)OCO2. The van der Waals surface area contributed by atoms with Gasteiger partial charge in [-0.1, -0.05) is 6.07 Å². The van der Waals surface area contributed by atoms with E-state index in [1.54, 1.807) is 0 Å². The van der Waals surface area contributed by atoms with E-state index >= 15 is 0 Å². The van der Waals surface area contributed by atoms with Crippen LogP contribution in [0.15, 0.2) is 18.2 Å². The van der Waals surface area contributed by atoms with Crippen LogP contribution in [-0.2, 0) is 6.42 Å². The summed E-state index contributed by atoms with van der Waals surface area (Å²) in [6.07, 6.45) is 1.91. The summed E-state index contributed by atoms with van der Waals surface area (Å²) in [5.41, 5.74) is 6.53. The molecule has 1 aromatic rings. The molecule has 1 unspecified atom stereocenters. The van der Waals surface area contributed by atoms with Crippen molar-refractivity contribution in [3.8, 4) is 11.5 Å². The number of aryl methyl sites for hydroxylation is 1. The fourth-order valence-corrected chi connectivity index (χ4v) is 1.77. The number of rotatable bonds is 5. The molecule has 0 amide bonds. The number of fused-ring (bicyclic) bond motifs is 1. The Bertz CT molecular complexity index is 354. The van der Waals surface area contributed by atoms with Crippen molar-refractivity contribution in [1.29, 1.82) is 0 Å². The third-order valence-electron chi connectivity index (χ3n) is 2.70. The first-order valence-corrected chi connectivity index (χ1v) is 5.56. The summed E-state index contributed by atoms with van der Waals surface area (Å²) in [5.74, 6) is 1.59. The zero-order valence-corrected chi connectivity index (χ0v) is 9.19. The van der Waals surface area contributed by atoms with Crippen molar-refractivity contribution >= 4 is 0 Å². The summed E-state index contributed by atoms with van der Waals surface area (Å²) in [4.78, 5) is 0. The predicted molar refractivity (Wildman–Crippen MR) is 60.6 cm³/mol. The summed E-state index contributed by atoms with van der Waals surface area (Å²) in [5, 5.41) is 9.57. The van der Waals surface area contributed by atoms with Gasteiger partial charge in [0.15, 0.2) is 11.5 Å². The molecule has 0 fully saturated rings. The molecular formula is C12H17NO3. The number of hydrogen-bond donors (Lipinski definition) is 2. The maximum Gasteiger partial charge on any atom is 0.231 e. The summed E-state index contributed by atoms with van der Waals surface area (Å²) in [6, 6.07) is 5.88. The highest BCUT2D eigenvalue weighted by Crippen LogP contribution is 2.32.